The van der Waals surface area contributed by atoms with Gasteiger partial charge in [0.25, 0.3) is 0 Å². The minimum absolute atomic E-state index is 0.902. The van der Waals surface area contributed by atoms with E-state index < -0.39 is 0 Å². The summed E-state index contributed by atoms with van der Waals surface area (Å²) < 4.78 is 0. The van der Waals surface area contributed by atoms with E-state index >= 15 is 0 Å². The number of rotatable bonds is 12. The van der Waals surface area contributed by atoms with Gasteiger partial charge in [0, 0.05) is 6.54 Å². The number of hydrogen-bond donors (Lipinski definition) is 1. The maximum atomic E-state index is 3.21. The summed E-state index contributed by atoms with van der Waals surface area (Å²) in [7, 11) is 2.04. The third-order valence-corrected chi connectivity index (χ3v) is 3.77. The van der Waals surface area contributed by atoms with Gasteiger partial charge in [0.15, 0.2) is 0 Å². The highest BCUT2D eigenvalue weighted by Crippen LogP contribution is 2.11. The van der Waals surface area contributed by atoms with Crippen LogP contribution in [0.5, 0.6) is 0 Å². The van der Waals surface area contributed by atoms with Gasteiger partial charge in [0.1, 0.15) is 0 Å². The molecule has 0 radical (unpaired) electrons. The van der Waals surface area contributed by atoms with Gasteiger partial charge < -0.3 is 10.2 Å². The Morgan fingerprint density at radius 2 is 1.59 bits per heavy atom. The van der Waals surface area contributed by atoms with E-state index in [1.807, 2.05) is 7.05 Å². The summed E-state index contributed by atoms with van der Waals surface area (Å²) in [5.74, 6) is 0.902. The lowest BCUT2D eigenvalue weighted by atomic mass is 10.0. The smallest absolute Gasteiger partial charge is 0.000934 e. The van der Waals surface area contributed by atoms with Crippen LogP contribution in [0.1, 0.15) is 59.3 Å². The van der Waals surface area contributed by atoms with Gasteiger partial charge in [0.05, 0.1) is 0 Å². The molecule has 0 aromatic rings. The Morgan fingerprint density at radius 3 is 2.12 bits per heavy atom. The SMILES string of the molecule is CCC(CC)CN(CC)CCCCCCNC. The van der Waals surface area contributed by atoms with Crippen molar-refractivity contribution in [1.29, 1.82) is 0 Å². The Labute approximate surface area is 109 Å². The van der Waals surface area contributed by atoms with Crippen LogP contribution in [0.4, 0.5) is 0 Å². The molecular weight excluding hydrogens is 208 g/mol. The van der Waals surface area contributed by atoms with E-state index in [0.717, 1.165) is 5.92 Å². The van der Waals surface area contributed by atoms with Crippen LogP contribution in [0.2, 0.25) is 0 Å². The van der Waals surface area contributed by atoms with E-state index in [1.165, 1.54) is 64.7 Å². The molecule has 0 aromatic heterocycles. The molecule has 2 nitrogen and oxygen atoms in total. The Hall–Kier alpha value is -0.0800. The van der Waals surface area contributed by atoms with Crippen molar-refractivity contribution in [3.8, 4) is 0 Å². The van der Waals surface area contributed by atoms with Gasteiger partial charge in [0.2, 0.25) is 0 Å². The molecule has 0 saturated carbocycles. The van der Waals surface area contributed by atoms with Gasteiger partial charge in [-0.2, -0.15) is 0 Å². The topological polar surface area (TPSA) is 15.3 Å². The van der Waals surface area contributed by atoms with Crippen LogP contribution in [-0.2, 0) is 0 Å². The summed E-state index contributed by atoms with van der Waals surface area (Å²) in [6, 6.07) is 0. The van der Waals surface area contributed by atoms with Crippen LogP contribution in [0.25, 0.3) is 0 Å². The zero-order valence-corrected chi connectivity index (χ0v) is 12.6. The van der Waals surface area contributed by atoms with Crippen molar-refractivity contribution < 1.29 is 0 Å². The van der Waals surface area contributed by atoms with Gasteiger partial charge in [-0.25, -0.2) is 0 Å². The van der Waals surface area contributed by atoms with E-state index in [0.29, 0.717) is 0 Å². The normalized spacial score (nSPS) is 11.6. The van der Waals surface area contributed by atoms with Crippen LogP contribution in [-0.4, -0.2) is 38.1 Å². The van der Waals surface area contributed by atoms with Gasteiger partial charge in [-0.3, -0.25) is 0 Å². The van der Waals surface area contributed by atoms with Crippen molar-refractivity contribution in [1.82, 2.24) is 10.2 Å². The Morgan fingerprint density at radius 1 is 0.941 bits per heavy atom. The van der Waals surface area contributed by atoms with Crippen LogP contribution >= 0.6 is 0 Å². The van der Waals surface area contributed by atoms with Gasteiger partial charge in [-0.15, -0.1) is 0 Å². The Bertz CT molecular complexity index is 144. The molecule has 17 heavy (non-hydrogen) atoms. The average molecular weight is 242 g/mol. The van der Waals surface area contributed by atoms with Crippen molar-refractivity contribution in [3.63, 3.8) is 0 Å². The molecule has 0 bridgehead atoms. The van der Waals surface area contributed by atoms with Crippen LogP contribution < -0.4 is 5.32 Å². The molecule has 0 aliphatic heterocycles. The standard InChI is InChI=1S/C15H34N2/c1-5-15(6-2)14-17(7-3)13-11-9-8-10-12-16-4/h15-16H,5-14H2,1-4H3. The molecule has 0 amide bonds. The van der Waals surface area contributed by atoms with Crippen molar-refractivity contribution in [2.24, 2.45) is 5.92 Å². The third kappa shape index (κ3) is 9.61. The molecule has 0 aromatic carbocycles. The highest BCUT2D eigenvalue weighted by Gasteiger charge is 2.09. The summed E-state index contributed by atoms with van der Waals surface area (Å²) in [4.78, 5) is 2.63. The van der Waals surface area contributed by atoms with Gasteiger partial charge >= 0.3 is 0 Å². The predicted octanol–water partition coefficient (Wildman–Crippen LogP) is 3.52. The van der Waals surface area contributed by atoms with Crippen LogP contribution in [0.3, 0.4) is 0 Å². The fourth-order valence-corrected chi connectivity index (χ4v) is 2.28. The van der Waals surface area contributed by atoms with E-state index in [-0.39, 0.29) is 0 Å². The summed E-state index contributed by atoms with van der Waals surface area (Å²) >= 11 is 0. The van der Waals surface area contributed by atoms with Crippen molar-refractivity contribution in [2.75, 3.05) is 33.2 Å². The lowest BCUT2D eigenvalue weighted by Crippen LogP contribution is -2.30. The summed E-state index contributed by atoms with van der Waals surface area (Å²) in [5.41, 5.74) is 0. The number of unbranched alkanes of at least 4 members (excludes halogenated alkanes) is 3. The molecule has 104 valence electrons. The summed E-state index contributed by atoms with van der Waals surface area (Å²) in [5, 5.41) is 3.21. The molecule has 0 fully saturated rings. The molecule has 0 atom stereocenters. The maximum Gasteiger partial charge on any atom is 0.000934 e. The fourth-order valence-electron chi connectivity index (χ4n) is 2.28. The first-order chi connectivity index (χ1) is 8.28. The lowest BCUT2D eigenvalue weighted by molar-refractivity contribution is 0.229. The molecule has 0 rings (SSSR count). The molecule has 2 heteroatoms. The molecule has 1 N–H and O–H groups in total. The minimum atomic E-state index is 0.902. The van der Waals surface area contributed by atoms with Crippen LogP contribution in [0, 0.1) is 5.92 Å². The highest BCUT2D eigenvalue weighted by atomic mass is 15.1. The Kier molecular flexibility index (Phi) is 12.3. The second-order valence-electron chi connectivity index (χ2n) is 5.09. The number of hydrogen-bond acceptors (Lipinski definition) is 2. The highest BCUT2D eigenvalue weighted by molar-refractivity contribution is 4.63. The first-order valence-electron chi connectivity index (χ1n) is 7.65. The first-order valence-corrected chi connectivity index (χ1v) is 7.65. The van der Waals surface area contributed by atoms with E-state index in [9.17, 15) is 0 Å². The summed E-state index contributed by atoms with van der Waals surface area (Å²) in [6.45, 7) is 11.9. The molecular formula is C15H34N2. The Balaban J connectivity index is 3.53. The first kappa shape index (κ1) is 16.9. The summed E-state index contributed by atoms with van der Waals surface area (Å²) in [6.07, 6.45) is 8.13. The number of nitrogens with zero attached hydrogens (tertiary/aromatic N) is 1. The van der Waals surface area contributed by atoms with Gasteiger partial charge in [-0.05, 0) is 45.4 Å². The lowest BCUT2D eigenvalue weighted by Gasteiger charge is -2.25. The zero-order valence-electron chi connectivity index (χ0n) is 12.6. The van der Waals surface area contributed by atoms with Crippen molar-refractivity contribution in [2.45, 2.75) is 59.3 Å². The predicted molar refractivity (Wildman–Crippen MR) is 78.6 cm³/mol. The maximum absolute atomic E-state index is 3.21. The third-order valence-electron chi connectivity index (χ3n) is 3.77. The molecule has 0 heterocycles. The van der Waals surface area contributed by atoms with E-state index in [1.54, 1.807) is 0 Å². The molecule has 0 aliphatic carbocycles. The minimum Gasteiger partial charge on any atom is -0.320 e. The number of nitrogens with one attached hydrogen (secondary N) is 1. The van der Waals surface area contributed by atoms with E-state index in [2.05, 4.69) is 31.0 Å². The fraction of sp³-hybridized carbons (Fsp3) is 1.00. The second-order valence-corrected chi connectivity index (χ2v) is 5.09. The molecule has 0 saturated heterocycles. The molecule has 0 spiro atoms. The quantitative estimate of drug-likeness (QED) is 0.527. The van der Waals surface area contributed by atoms with Gasteiger partial charge in [-0.1, -0.05) is 46.5 Å². The van der Waals surface area contributed by atoms with E-state index in [4.69, 9.17) is 0 Å². The molecule has 0 aliphatic rings. The average Bonchev–Trinajstić information content (AvgIpc) is 2.37. The monoisotopic (exact) mass is 242 g/mol. The second kappa shape index (κ2) is 12.4. The van der Waals surface area contributed by atoms with Crippen LogP contribution in [0.15, 0.2) is 0 Å². The molecule has 0 unspecified atom stereocenters. The van der Waals surface area contributed by atoms with Crippen molar-refractivity contribution in [3.05, 3.63) is 0 Å². The zero-order chi connectivity index (χ0) is 12.9. The van der Waals surface area contributed by atoms with Crippen molar-refractivity contribution >= 4 is 0 Å². The largest absolute Gasteiger partial charge is 0.320 e.